The van der Waals surface area contributed by atoms with E-state index in [0.29, 0.717) is 16.3 Å². The first-order valence-electron chi connectivity index (χ1n) is 8.31. The van der Waals surface area contributed by atoms with E-state index in [1.54, 1.807) is 68.7 Å². The molecule has 3 aromatic carbocycles. The zero-order chi connectivity index (χ0) is 19.6. The summed E-state index contributed by atoms with van der Waals surface area (Å²) in [6.45, 7) is 0. The molecule has 1 atom stereocenters. The molecular formula is C21H19NO5. The average Bonchev–Trinajstić information content (AvgIpc) is 2.68. The number of esters is 1. The molecule has 0 bridgehead atoms. The Labute approximate surface area is 156 Å². The molecule has 2 N–H and O–H groups in total. The number of phenols is 2. The Balaban J connectivity index is 2.00. The fraction of sp³-hybridized carbons (Fsp3) is 0.143. The van der Waals surface area contributed by atoms with E-state index in [1.807, 2.05) is 0 Å². The van der Waals surface area contributed by atoms with Crippen LogP contribution in [-0.4, -0.2) is 41.1 Å². The summed E-state index contributed by atoms with van der Waals surface area (Å²) in [5.41, 5.74) is 0.299. The third kappa shape index (κ3) is 3.55. The van der Waals surface area contributed by atoms with Crippen molar-refractivity contribution in [2.45, 2.75) is 6.10 Å². The molecular weight excluding hydrogens is 346 g/mol. The molecule has 0 fully saturated rings. The summed E-state index contributed by atoms with van der Waals surface area (Å²) in [5, 5.41) is 21.4. The highest BCUT2D eigenvalue weighted by Crippen LogP contribution is 2.36. The van der Waals surface area contributed by atoms with Crippen molar-refractivity contribution in [1.82, 2.24) is 4.90 Å². The van der Waals surface area contributed by atoms with Crippen LogP contribution in [0.3, 0.4) is 0 Å². The van der Waals surface area contributed by atoms with Crippen molar-refractivity contribution in [3.63, 3.8) is 0 Å². The van der Waals surface area contributed by atoms with Crippen LogP contribution in [0.25, 0.3) is 10.8 Å². The quantitative estimate of drug-likeness (QED) is 0.547. The highest BCUT2D eigenvalue weighted by atomic mass is 16.5. The topological polar surface area (TPSA) is 87.1 Å². The smallest absolute Gasteiger partial charge is 0.343 e. The van der Waals surface area contributed by atoms with Gasteiger partial charge < -0.3 is 19.8 Å². The third-order valence-corrected chi connectivity index (χ3v) is 4.21. The SMILES string of the molecule is CN(C)C(=O)[C@H](OC(=O)c1cc(O)c2ccccc2c1O)c1ccccc1. The monoisotopic (exact) mass is 365 g/mol. The van der Waals surface area contributed by atoms with Gasteiger partial charge in [0.2, 0.25) is 6.10 Å². The zero-order valence-electron chi connectivity index (χ0n) is 14.9. The van der Waals surface area contributed by atoms with Crippen LogP contribution in [0.1, 0.15) is 22.0 Å². The number of benzene rings is 3. The second-order valence-electron chi connectivity index (χ2n) is 6.27. The molecule has 6 nitrogen and oxygen atoms in total. The standard InChI is InChI=1S/C21H19NO5/c1-22(2)20(25)19(13-8-4-3-5-9-13)27-21(26)16-12-17(23)14-10-6-7-11-15(14)18(16)24/h3-12,19,23-24H,1-2H3/t19-/m1/s1. The molecule has 0 saturated carbocycles. The Morgan fingerprint density at radius 3 is 2.15 bits per heavy atom. The van der Waals surface area contributed by atoms with Gasteiger partial charge in [0, 0.05) is 30.4 Å². The molecule has 0 aliphatic carbocycles. The van der Waals surface area contributed by atoms with Gasteiger partial charge in [0.15, 0.2) is 0 Å². The van der Waals surface area contributed by atoms with Crippen LogP contribution >= 0.6 is 0 Å². The van der Waals surface area contributed by atoms with E-state index in [9.17, 15) is 19.8 Å². The number of phenolic OH excluding ortho intramolecular Hbond substituents is 2. The predicted octanol–water partition coefficient (Wildman–Crippen LogP) is 3.24. The lowest BCUT2D eigenvalue weighted by molar-refractivity contribution is -0.138. The summed E-state index contributed by atoms with van der Waals surface area (Å²) in [7, 11) is 3.12. The normalized spacial score (nSPS) is 11.8. The Morgan fingerprint density at radius 2 is 1.52 bits per heavy atom. The third-order valence-electron chi connectivity index (χ3n) is 4.21. The Bertz CT molecular complexity index is 998. The number of hydrogen-bond acceptors (Lipinski definition) is 5. The number of amides is 1. The molecule has 0 aromatic heterocycles. The largest absolute Gasteiger partial charge is 0.507 e. The molecule has 0 unspecified atom stereocenters. The van der Waals surface area contributed by atoms with E-state index in [4.69, 9.17) is 4.74 Å². The summed E-state index contributed by atoms with van der Waals surface area (Å²) in [5.74, 6) is -1.79. The number of aromatic hydroxyl groups is 2. The van der Waals surface area contributed by atoms with E-state index in [2.05, 4.69) is 0 Å². The van der Waals surface area contributed by atoms with Gasteiger partial charge in [-0.3, -0.25) is 4.79 Å². The van der Waals surface area contributed by atoms with Crippen molar-refractivity contribution in [3.8, 4) is 11.5 Å². The molecule has 27 heavy (non-hydrogen) atoms. The first-order chi connectivity index (χ1) is 12.9. The van der Waals surface area contributed by atoms with Gasteiger partial charge in [-0.15, -0.1) is 0 Å². The van der Waals surface area contributed by atoms with Gasteiger partial charge >= 0.3 is 5.97 Å². The van der Waals surface area contributed by atoms with Crippen molar-refractivity contribution >= 4 is 22.6 Å². The van der Waals surface area contributed by atoms with E-state index in [1.165, 1.54) is 4.90 Å². The molecule has 0 aliphatic rings. The lowest BCUT2D eigenvalue weighted by Crippen LogP contribution is -2.31. The Kier molecular flexibility index (Phi) is 4.98. The summed E-state index contributed by atoms with van der Waals surface area (Å²) >= 11 is 0. The van der Waals surface area contributed by atoms with Gasteiger partial charge in [-0.2, -0.15) is 0 Å². The van der Waals surface area contributed by atoms with Gasteiger partial charge in [-0.1, -0.05) is 54.6 Å². The molecule has 3 aromatic rings. The predicted molar refractivity (Wildman–Crippen MR) is 101 cm³/mol. The molecule has 138 valence electrons. The minimum Gasteiger partial charge on any atom is -0.507 e. The molecule has 0 aliphatic heterocycles. The molecule has 0 saturated heterocycles. The molecule has 0 radical (unpaired) electrons. The highest BCUT2D eigenvalue weighted by Gasteiger charge is 2.28. The minimum absolute atomic E-state index is 0.162. The van der Waals surface area contributed by atoms with Crippen molar-refractivity contribution in [3.05, 3.63) is 71.8 Å². The zero-order valence-corrected chi connectivity index (χ0v) is 14.9. The van der Waals surface area contributed by atoms with Gasteiger partial charge in [0.05, 0.1) is 0 Å². The number of carbonyl (C=O) groups excluding carboxylic acids is 2. The second kappa shape index (κ2) is 7.37. The maximum absolute atomic E-state index is 12.7. The van der Waals surface area contributed by atoms with Crippen molar-refractivity contribution < 1.29 is 24.5 Å². The lowest BCUT2D eigenvalue weighted by atomic mass is 10.0. The van der Waals surface area contributed by atoms with Crippen LogP contribution in [-0.2, 0) is 9.53 Å². The summed E-state index contributed by atoms with van der Waals surface area (Å²) in [6, 6.07) is 16.4. The van der Waals surface area contributed by atoms with E-state index in [0.717, 1.165) is 6.07 Å². The Hall–Kier alpha value is -3.54. The molecule has 0 heterocycles. The van der Waals surface area contributed by atoms with E-state index >= 15 is 0 Å². The van der Waals surface area contributed by atoms with Crippen LogP contribution in [0.4, 0.5) is 0 Å². The molecule has 3 rings (SSSR count). The first kappa shape index (κ1) is 18.3. The maximum atomic E-state index is 12.7. The number of nitrogens with zero attached hydrogens (tertiary/aromatic N) is 1. The van der Waals surface area contributed by atoms with Crippen LogP contribution in [0.2, 0.25) is 0 Å². The number of fused-ring (bicyclic) bond motifs is 1. The molecule has 1 amide bonds. The average molecular weight is 365 g/mol. The number of carbonyl (C=O) groups is 2. The van der Waals surface area contributed by atoms with E-state index < -0.39 is 18.0 Å². The van der Waals surface area contributed by atoms with Gasteiger partial charge in [-0.25, -0.2) is 4.79 Å². The van der Waals surface area contributed by atoms with Gasteiger partial charge in [-0.05, 0) is 6.07 Å². The molecule has 0 spiro atoms. The number of ether oxygens (including phenoxy) is 1. The van der Waals surface area contributed by atoms with Crippen LogP contribution < -0.4 is 0 Å². The van der Waals surface area contributed by atoms with Crippen LogP contribution in [0.15, 0.2) is 60.7 Å². The van der Waals surface area contributed by atoms with E-state index in [-0.39, 0.29) is 17.1 Å². The Morgan fingerprint density at radius 1 is 0.926 bits per heavy atom. The number of hydrogen-bond donors (Lipinski definition) is 2. The highest BCUT2D eigenvalue weighted by molar-refractivity contribution is 6.04. The minimum atomic E-state index is -1.17. The first-order valence-corrected chi connectivity index (χ1v) is 8.31. The van der Waals surface area contributed by atoms with Crippen molar-refractivity contribution in [2.75, 3.05) is 14.1 Å². The van der Waals surface area contributed by atoms with Gasteiger partial charge in [0.1, 0.15) is 17.1 Å². The summed E-state index contributed by atoms with van der Waals surface area (Å²) < 4.78 is 5.43. The lowest BCUT2D eigenvalue weighted by Gasteiger charge is -2.21. The van der Waals surface area contributed by atoms with Gasteiger partial charge in [0.25, 0.3) is 5.91 Å². The van der Waals surface area contributed by atoms with Crippen molar-refractivity contribution in [1.29, 1.82) is 0 Å². The van der Waals surface area contributed by atoms with Crippen LogP contribution in [0.5, 0.6) is 11.5 Å². The summed E-state index contributed by atoms with van der Waals surface area (Å²) in [4.78, 5) is 26.5. The maximum Gasteiger partial charge on any atom is 0.343 e. The van der Waals surface area contributed by atoms with Crippen molar-refractivity contribution in [2.24, 2.45) is 0 Å². The number of rotatable bonds is 4. The fourth-order valence-electron chi connectivity index (χ4n) is 2.79. The number of likely N-dealkylation sites (N-methyl/N-ethyl adjacent to an activating group) is 1. The van der Waals surface area contributed by atoms with Crippen LogP contribution in [0, 0.1) is 0 Å². The second-order valence-corrected chi connectivity index (χ2v) is 6.27. The fourth-order valence-corrected chi connectivity index (χ4v) is 2.79. The molecule has 6 heteroatoms. The summed E-state index contributed by atoms with van der Waals surface area (Å²) in [6.07, 6.45) is -1.17.